The van der Waals surface area contributed by atoms with Gasteiger partial charge >= 0.3 is 12.2 Å². The summed E-state index contributed by atoms with van der Waals surface area (Å²) in [5.41, 5.74) is -0.848. The molecule has 2 amide bonds. The summed E-state index contributed by atoms with van der Waals surface area (Å²) in [4.78, 5) is 37.7. The Hall–Kier alpha value is -1.83. The quantitative estimate of drug-likeness (QED) is 0.705. The Kier molecular flexibility index (Phi) is 8.74. The molecule has 1 N–H and O–H groups in total. The minimum absolute atomic E-state index is 0.164. The van der Waals surface area contributed by atoms with E-state index in [0.717, 1.165) is 32.0 Å². The summed E-state index contributed by atoms with van der Waals surface area (Å²) in [6.45, 7) is 13.9. The molecule has 2 heterocycles. The number of nitrogens with zero attached hydrogens (tertiary/aromatic N) is 2. The van der Waals surface area contributed by atoms with E-state index in [4.69, 9.17) is 9.47 Å². The van der Waals surface area contributed by atoms with Crippen molar-refractivity contribution in [2.45, 2.75) is 103 Å². The Bertz CT molecular complexity index is 616. The average molecular weight is 440 g/mol. The van der Waals surface area contributed by atoms with Crippen LogP contribution in [0.5, 0.6) is 0 Å². The Balaban J connectivity index is 0.000000225. The van der Waals surface area contributed by atoms with Gasteiger partial charge in [-0.05, 0) is 67.2 Å². The van der Waals surface area contributed by atoms with Crippen molar-refractivity contribution < 1.29 is 23.9 Å². The smallest absolute Gasteiger partial charge is 0.410 e. The van der Waals surface area contributed by atoms with Crippen LogP contribution < -0.4 is 5.32 Å². The Labute approximate surface area is 187 Å². The predicted octanol–water partition coefficient (Wildman–Crippen LogP) is 3.72. The van der Waals surface area contributed by atoms with Gasteiger partial charge in [0.05, 0.1) is 0 Å². The normalized spacial score (nSPS) is 20.6. The van der Waals surface area contributed by atoms with Crippen LogP contribution in [0.3, 0.4) is 0 Å². The van der Waals surface area contributed by atoms with E-state index in [1.54, 1.807) is 4.90 Å². The number of amides is 2. The molecule has 3 aliphatic rings. The van der Waals surface area contributed by atoms with Gasteiger partial charge in [0.2, 0.25) is 0 Å². The molecule has 0 spiro atoms. The van der Waals surface area contributed by atoms with Crippen LogP contribution >= 0.6 is 0 Å². The molecule has 3 rings (SSSR count). The molecule has 0 bridgehead atoms. The molecule has 2 aliphatic heterocycles. The van der Waals surface area contributed by atoms with E-state index < -0.39 is 5.60 Å². The third-order valence-electron chi connectivity index (χ3n) is 5.17. The van der Waals surface area contributed by atoms with Crippen molar-refractivity contribution in [1.82, 2.24) is 15.1 Å². The summed E-state index contributed by atoms with van der Waals surface area (Å²) in [6, 6.07) is 1.36. The second-order valence-corrected chi connectivity index (χ2v) is 10.7. The van der Waals surface area contributed by atoms with Crippen molar-refractivity contribution in [2.75, 3.05) is 26.2 Å². The Morgan fingerprint density at radius 1 is 0.742 bits per heavy atom. The van der Waals surface area contributed by atoms with Crippen molar-refractivity contribution in [3.05, 3.63) is 0 Å². The lowest BCUT2D eigenvalue weighted by molar-refractivity contribution is -0.121. The number of ether oxygens (including phenoxy) is 2. The molecule has 0 aromatic carbocycles. The summed E-state index contributed by atoms with van der Waals surface area (Å²) >= 11 is 0. The zero-order valence-electron chi connectivity index (χ0n) is 20.2. The minimum atomic E-state index is -0.460. The minimum Gasteiger partial charge on any atom is -0.444 e. The maximum atomic E-state index is 11.8. The third kappa shape index (κ3) is 10.4. The standard InChI is InChI=1S/C13H24N2O2.C10H17NO3/c1-13(2,3)17-12(16)15-8-6-11(7-9-15)14-10-4-5-10;1-10(2,3)14-9(13)11-6-4-8(12)5-7-11/h10-11,14H,4-9H2,1-3H3;4-7H2,1-3H3. The number of nitrogens with one attached hydrogen (secondary N) is 1. The van der Waals surface area contributed by atoms with Crippen molar-refractivity contribution in [3.63, 3.8) is 0 Å². The topological polar surface area (TPSA) is 88.2 Å². The zero-order chi connectivity index (χ0) is 23.2. The fourth-order valence-corrected chi connectivity index (χ4v) is 3.40. The summed E-state index contributed by atoms with van der Waals surface area (Å²) in [5.74, 6) is 0.227. The van der Waals surface area contributed by atoms with Gasteiger partial charge in [-0.25, -0.2) is 9.59 Å². The highest BCUT2D eigenvalue weighted by Gasteiger charge is 2.30. The second kappa shape index (κ2) is 10.7. The second-order valence-electron chi connectivity index (χ2n) is 10.7. The molecule has 0 aromatic heterocycles. The van der Waals surface area contributed by atoms with Crippen LogP contribution in [0.15, 0.2) is 0 Å². The number of hydrogen-bond donors (Lipinski definition) is 1. The summed E-state index contributed by atoms with van der Waals surface area (Å²) < 4.78 is 10.6. The molecule has 0 unspecified atom stereocenters. The van der Waals surface area contributed by atoms with E-state index in [1.165, 1.54) is 12.8 Å². The monoisotopic (exact) mass is 439 g/mol. The van der Waals surface area contributed by atoms with Gasteiger partial charge in [0.25, 0.3) is 0 Å². The zero-order valence-corrected chi connectivity index (χ0v) is 20.2. The van der Waals surface area contributed by atoms with Gasteiger partial charge < -0.3 is 24.6 Å². The van der Waals surface area contributed by atoms with Crippen molar-refractivity contribution >= 4 is 18.0 Å². The van der Waals surface area contributed by atoms with Gasteiger partial charge in [-0.2, -0.15) is 0 Å². The van der Waals surface area contributed by atoms with E-state index in [9.17, 15) is 14.4 Å². The SMILES string of the molecule is CC(C)(C)OC(=O)N1CCC(=O)CC1.CC(C)(C)OC(=O)N1CCC(NC2CC2)CC1. The number of piperidine rings is 2. The number of rotatable bonds is 2. The van der Waals surface area contributed by atoms with Crippen LogP contribution in [-0.4, -0.2) is 77.2 Å². The van der Waals surface area contributed by atoms with Crippen LogP contribution in [0.4, 0.5) is 9.59 Å². The Morgan fingerprint density at radius 3 is 1.52 bits per heavy atom. The first-order chi connectivity index (χ1) is 14.3. The lowest BCUT2D eigenvalue weighted by atomic mass is 10.1. The number of carbonyl (C=O) groups is 3. The van der Waals surface area contributed by atoms with Crippen molar-refractivity contribution in [1.29, 1.82) is 0 Å². The van der Waals surface area contributed by atoms with Crippen molar-refractivity contribution in [2.24, 2.45) is 0 Å². The van der Waals surface area contributed by atoms with E-state index in [-0.39, 0.29) is 23.6 Å². The number of ketones is 1. The largest absolute Gasteiger partial charge is 0.444 e. The molecule has 1 aliphatic carbocycles. The molecule has 1 saturated carbocycles. The molecule has 31 heavy (non-hydrogen) atoms. The van der Waals surface area contributed by atoms with E-state index in [0.29, 0.717) is 32.0 Å². The van der Waals surface area contributed by atoms with Gasteiger partial charge in [0, 0.05) is 51.1 Å². The summed E-state index contributed by atoms with van der Waals surface area (Å²) in [7, 11) is 0. The third-order valence-corrected chi connectivity index (χ3v) is 5.17. The van der Waals surface area contributed by atoms with E-state index in [2.05, 4.69) is 5.32 Å². The number of carbonyl (C=O) groups excluding carboxylic acids is 3. The molecule has 2 saturated heterocycles. The van der Waals surface area contributed by atoms with E-state index >= 15 is 0 Å². The first-order valence-corrected chi connectivity index (χ1v) is 11.6. The molecular weight excluding hydrogens is 398 g/mol. The highest BCUT2D eigenvalue weighted by Crippen LogP contribution is 2.23. The van der Waals surface area contributed by atoms with E-state index in [1.807, 2.05) is 46.4 Å². The van der Waals surface area contributed by atoms with Crippen LogP contribution in [0.2, 0.25) is 0 Å². The lowest BCUT2D eigenvalue weighted by Gasteiger charge is -2.33. The predicted molar refractivity (Wildman–Crippen MR) is 119 cm³/mol. The molecular formula is C23H41N3O5. The van der Waals surface area contributed by atoms with Crippen LogP contribution in [0.1, 0.15) is 80.1 Å². The highest BCUT2D eigenvalue weighted by atomic mass is 16.6. The van der Waals surface area contributed by atoms with Crippen LogP contribution in [0, 0.1) is 0 Å². The fraction of sp³-hybridized carbons (Fsp3) is 0.870. The summed E-state index contributed by atoms with van der Waals surface area (Å²) in [5, 5.41) is 3.62. The van der Waals surface area contributed by atoms with Gasteiger partial charge in [0.15, 0.2) is 0 Å². The van der Waals surface area contributed by atoms with Gasteiger partial charge in [-0.15, -0.1) is 0 Å². The van der Waals surface area contributed by atoms with Gasteiger partial charge in [-0.1, -0.05) is 0 Å². The molecule has 178 valence electrons. The lowest BCUT2D eigenvalue weighted by Crippen LogP contribution is -2.46. The molecule has 0 radical (unpaired) electrons. The fourth-order valence-electron chi connectivity index (χ4n) is 3.40. The Morgan fingerprint density at radius 2 is 1.13 bits per heavy atom. The van der Waals surface area contributed by atoms with Crippen LogP contribution in [-0.2, 0) is 14.3 Å². The highest BCUT2D eigenvalue weighted by molar-refractivity contribution is 5.81. The first-order valence-electron chi connectivity index (χ1n) is 11.6. The van der Waals surface area contributed by atoms with Gasteiger partial charge in [0.1, 0.15) is 17.0 Å². The van der Waals surface area contributed by atoms with Crippen LogP contribution in [0.25, 0.3) is 0 Å². The van der Waals surface area contributed by atoms with Crippen molar-refractivity contribution in [3.8, 4) is 0 Å². The molecule has 3 fully saturated rings. The summed E-state index contributed by atoms with van der Waals surface area (Å²) in [6.07, 6.45) is 5.19. The maximum absolute atomic E-state index is 11.8. The van der Waals surface area contributed by atoms with Gasteiger partial charge in [-0.3, -0.25) is 4.79 Å². The molecule has 8 nitrogen and oxygen atoms in total. The first kappa shape index (κ1) is 25.4. The number of hydrogen-bond acceptors (Lipinski definition) is 6. The molecule has 0 aromatic rings. The maximum Gasteiger partial charge on any atom is 0.410 e. The molecule has 8 heteroatoms. The number of likely N-dealkylation sites (tertiary alicyclic amines) is 2. The molecule has 0 atom stereocenters. The average Bonchev–Trinajstić information content (AvgIpc) is 3.44. The number of Topliss-reactive ketones (excluding diaryl/α,β-unsaturated/α-hetero) is 1.